The van der Waals surface area contributed by atoms with Crippen molar-refractivity contribution in [2.45, 2.75) is 71.1 Å². The largest absolute Gasteiger partial charge is 0.418 e. The number of nitrogens with zero attached hydrogens (tertiary/aromatic N) is 2. The Morgan fingerprint density at radius 2 is 1.65 bits per heavy atom. The van der Waals surface area contributed by atoms with Gasteiger partial charge in [-0.05, 0) is 62.1 Å². The van der Waals surface area contributed by atoms with E-state index < -0.39 is 46.3 Å². The third-order valence-corrected chi connectivity index (χ3v) is 7.99. The zero-order valence-corrected chi connectivity index (χ0v) is 28.0. The van der Waals surface area contributed by atoms with Crippen molar-refractivity contribution < 1.29 is 44.7 Å². The van der Waals surface area contributed by atoms with Crippen LogP contribution in [0.4, 0.5) is 46.5 Å². The minimum Gasteiger partial charge on any atom is -0.350 e. The number of carbonyl (C=O) groups excluding carboxylic acids is 2. The van der Waals surface area contributed by atoms with Crippen LogP contribution in [-0.2, 0) is 21.2 Å². The second-order valence-corrected chi connectivity index (χ2v) is 11.2. The van der Waals surface area contributed by atoms with Gasteiger partial charge < -0.3 is 14.9 Å². The lowest BCUT2D eigenvalue weighted by atomic mass is 10.0. The van der Waals surface area contributed by atoms with Crippen molar-refractivity contribution >= 4 is 58.6 Å². The minimum absolute atomic E-state index is 0.130. The molecule has 0 aliphatic heterocycles. The molecule has 1 heterocycles. The Morgan fingerprint density at radius 3 is 2.17 bits per heavy atom. The maximum atomic E-state index is 16.0. The number of thiazole rings is 1. The number of alkyl halides is 6. The molecule has 1 aliphatic rings. The quantitative estimate of drug-likeness (QED) is 0.136. The summed E-state index contributed by atoms with van der Waals surface area (Å²) in [7, 11) is 0. The molecule has 2 aromatic carbocycles. The van der Waals surface area contributed by atoms with Crippen LogP contribution in [0.25, 0.3) is 16.8 Å². The summed E-state index contributed by atoms with van der Waals surface area (Å²) in [4.78, 5) is 24.5. The van der Waals surface area contributed by atoms with E-state index in [9.17, 15) is 30.7 Å². The number of para-hydroxylation sites is 1. The Morgan fingerprint density at radius 1 is 1.04 bits per heavy atom. The highest BCUT2D eigenvalue weighted by molar-refractivity contribution is 7.13. The van der Waals surface area contributed by atoms with Crippen molar-refractivity contribution in [3.63, 3.8) is 0 Å². The first-order chi connectivity index (χ1) is 22.7. The first-order valence-corrected chi connectivity index (χ1v) is 15.5. The van der Waals surface area contributed by atoms with Gasteiger partial charge in [-0.25, -0.2) is 18.8 Å². The second-order valence-electron chi connectivity index (χ2n) is 9.62. The summed E-state index contributed by atoms with van der Waals surface area (Å²) in [5.41, 5.74) is -5.01. The van der Waals surface area contributed by atoms with Crippen molar-refractivity contribution in [1.82, 2.24) is 4.98 Å². The first kappa shape index (κ1) is 42.1. The Kier molecular flexibility index (Phi) is 16.3. The SMILES string of the molecule is C=O.C=O.CC.CCC/C=C(/C=C\N=C(C)Cl)c1sc(C2(C(F)(F)F)CC2)nc1-c1cccc(Nc2c(F)cccc2C(F)(F)F)c1F. The Bertz CT molecular complexity index is 1590. The molecular formula is C33H34ClF8N3O2S. The smallest absolute Gasteiger partial charge is 0.350 e. The number of unbranched alkanes of at least 4 members (excludes halogenated alkanes) is 1. The van der Waals surface area contributed by atoms with E-state index in [1.165, 1.54) is 31.3 Å². The molecule has 0 radical (unpaired) electrons. The number of aliphatic imine (C=N–C) groups is 1. The molecule has 262 valence electrons. The number of rotatable bonds is 9. The molecule has 1 saturated carbocycles. The molecule has 48 heavy (non-hydrogen) atoms. The van der Waals surface area contributed by atoms with Crippen LogP contribution in [-0.4, -0.2) is 29.9 Å². The van der Waals surface area contributed by atoms with Gasteiger partial charge in [-0.2, -0.15) is 26.3 Å². The Hall–Kier alpha value is -3.91. The zero-order chi connectivity index (χ0) is 36.9. The summed E-state index contributed by atoms with van der Waals surface area (Å²) in [6.45, 7) is 11.4. The van der Waals surface area contributed by atoms with Gasteiger partial charge >= 0.3 is 12.4 Å². The van der Waals surface area contributed by atoms with E-state index in [2.05, 4.69) is 15.3 Å². The molecule has 0 spiro atoms. The monoisotopic (exact) mass is 723 g/mol. The van der Waals surface area contributed by atoms with Gasteiger partial charge in [-0.15, -0.1) is 11.3 Å². The highest BCUT2D eigenvalue weighted by Gasteiger charge is 2.66. The molecule has 0 atom stereocenters. The van der Waals surface area contributed by atoms with E-state index >= 15 is 4.39 Å². The molecule has 1 fully saturated rings. The van der Waals surface area contributed by atoms with Gasteiger partial charge in [-0.1, -0.05) is 57.0 Å². The predicted molar refractivity (Wildman–Crippen MR) is 176 cm³/mol. The molecule has 1 aromatic heterocycles. The Labute approximate surface area is 282 Å². The van der Waals surface area contributed by atoms with Gasteiger partial charge in [-0.3, -0.25) is 0 Å². The molecule has 0 saturated heterocycles. The van der Waals surface area contributed by atoms with E-state index in [0.29, 0.717) is 24.5 Å². The van der Waals surface area contributed by atoms with Gasteiger partial charge in [0.2, 0.25) is 0 Å². The van der Waals surface area contributed by atoms with E-state index in [0.717, 1.165) is 29.5 Å². The number of hydrogen-bond donors (Lipinski definition) is 1. The number of hydrogen-bond acceptors (Lipinski definition) is 6. The van der Waals surface area contributed by atoms with Gasteiger partial charge in [0, 0.05) is 11.8 Å². The Balaban J connectivity index is 0.00000182. The average Bonchev–Trinajstić information content (AvgIpc) is 3.77. The maximum absolute atomic E-state index is 16.0. The molecule has 5 nitrogen and oxygen atoms in total. The zero-order valence-electron chi connectivity index (χ0n) is 26.5. The number of carbonyl (C=O) groups is 2. The molecular weight excluding hydrogens is 690 g/mol. The van der Waals surface area contributed by atoms with Crippen molar-refractivity contribution in [1.29, 1.82) is 0 Å². The number of nitrogens with one attached hydrogen (secondary N) is 1. The molecule has 3 aromatic rings. The van der Waals surface area contributed by atoms with E-state index in [1.54, 1.807) is 6.08 Å². The standard InChI is InChI=1S/C29H24ClF8N3S.C2H6.2CH2O/c1-3-4-7-17(12-15-39-16(2)30)25-23(41-26(42-25)27(13-14-27)29(36,37)38)18-8-5-11-21(22(18)32)40-24-19(28(33,34)35)9-6-10-20(24)31;3*1-2/h5-12,15,40H,3-4,13-14H2,1-2H3;1-2H3;2*1H2/b15-12-,17-7-,39-16?;;;. The van der Waals surface area contributed by atoms with Gasteiger partial charge in [0.1, 0.15) is 35.0 Å². The molecule has 1 N–H and O–H groups in total. The van der Waals surface area contributed by atoms with Crippen LogP contribution in [0.15, 0.2) is 59.7 Å². The maximum Gasteiger partial charge on any atom is 0.418 e. The summed E-state index contributed by atoms with van der Waals surface area (Å²) in [5, 5.41) is 2.15. The number of benzene rings is 2. The van der Waals surface area contributed by atoms with Crippen molar-refractivity contribution in [3.05, 3.63) is 81.8 Å². The molecule has 0 unspecified atom stereocenters. The fraction of sp³-hybridized carbons (Fsp3) is 0.333. The van der Waals surface area contributed by atoms with Gasteiger partial charge in [0.25, 0.3) is 0 Å². The molecule has 0 bridgehead atoms. The molecule has 4 rings (SSSR count). The highest BCUT2D eigenvalue weighted by atomic mass is 35.5. The summed E-state index contributed by atoms with van der Waals surface area (Å²) in [6.07, 6.45) is -4.05. The fourth-order valence-corrected chi connectivity index (χ4v) is 5.66. The molecule has 1 aliphatic carbocycles. The summed E-state index contributed by atoms with van der Waals surface area (Å²) >= 11 is 6.57. The number of allylic oxidation sites excluding steroid dienone is 3. The minimum atomic E-state index is -4.94. The first-order valence-electron chi connectivity index (χ1n) is 14.3. The summed E-state index contributed by atoms with van der Waals surface area (Å²) in [6, 6.07) is 5.96. The van der Waals surface area contributed by atoms with Crippen molar-refractivity contribution in [2.75, 3.05) is 5.32 Å². The van der Waals surface area contributed by atoms with Gasteiger partial charge in [0.15, 0.2) is 5.82 Å². The highest BCUT2D eigenvalue weighted by Crippen LogP contribution is 2.60. The van der Waals surface area contributed by atoms with Crippen LogP contribution in [0.3, 0.4) is 0 Å². The number of anilines is 2. The van der Waals surface area contributed by atoms with Crippen LogP contribution in [0.2, 0.25) is 0 Å². The van der Waals surface area contributed by atoms with Crippen molar-refractivity contribution in [3.8, 4) is 11.3 Å². The lowest BCUT2D eigenvalue weighted by Crippen LogP contribution is -2.28. The number of halogens is 9. The lowest BCUT2D eigenvalue weighted by Gasteiger charge is -2.17. The lowest BCUT2D eigenvalue weighted by molar-refractivity contribution is -0.160. The van der Waals surface area contributed by atoms with Crippen LogP contribution in [0.5, 0.6) is 0 Å². The van der Waals surface area contributed by atoms with Crippen LogP contribution >= 0.6 is 22.9 Å². The summed E-state index contributed by atoms with van der Waals surface area (Å²) in [5.74, 6) is -2.38. The predicted octanol–water partition coefficient (Wildman–Crippen LogP) is 11.5. The van der Waals surface area contributed by atoms with Crippen LogP contribution in [0.1, 0.15) is 68.8 Å². The van der Waals surface area contributed by atoms with Gasteiger partial charge in [0.05, 0.1) is 27.5 Å². The van der Waals surface area contributed by atoms with Crippen molar-refractivity contribution in [2.24, 2.45) is 4.99 Å². The third kappa shape index (κ3) is 10.0. The van der Waals surface area contributed by atoms with E-state index in [4.69, 9.17) is 21.2 Å². The summed E-state index contributed by atoms with van der Waals surface area (Å²) < 4.78 is 113. The third-order valence-electron chi connectivity index (χ3n) is 6.58. The molecule has 0 amide bonds. The van der Waals surface area contributed by atoms with Crippen LogP contribution < -0.4 is 5.32 Å². The number of aromatic nitrogens is 1. The average molecular weight is 724 g/mol. The van der Waals surface area contributed by atoms with Crippen LogP contribution in [0, 0.1) is 11.6 Å². The van der Waals surface area contributed by atoms with E-state index in [1.807, 2.05) is 34.3 Å². The topological polar surface area (TPSA) is 71.4 Å². The molecule has 15 heteroatoms. The van der Waals surface area contributed by atoms with E-state index in [-0.39, 0.29) is 39.2 Å². The normalized spacial score (nSPS) is 14.2. The second kappa shape index (κ2) is 18.6. The fourth-order valence-electron chi connectivity index (χ4n) is 4.24.